The van der Waals surface area contributed by atoms with Crippen LogP contribution in [0, 0.1) is 17.3 Å². The largest absolute Gasteiger partial charge is 0.491 e. The minimum absolute atomic E-state index is 0.0112. The first-order valence-electron chi connectivity index (χ1n) is 11.7. The molecule has 176 valence electrons. The molecule has 32 heavy (non-hydrogen) atoms. The van der Waals surface area contributed by atoms with Crippen molar-refractivity contribution in [3.05, 3.63) is 29.3 Å². The Bertz CT molecular complexity index is 880. The highest BCUT2D eigenvalue weighted by Gasteiger charge is 2.56. The van der Waals surface area contributed by atoms with E-state index >= 15 is 0 Å². The number of halogens is 3. The van der Waals surface area contributed by atoms with Crippen LogP contribution in [0.5, 0.6) is 5.75 Å². The van der Waals surface area contributed by atoms with E-state index in [1.165, 1.54) is 11.6 Å². The molecule has 0 spiro atoms. The third-order valence-electron chi connectivity index (χ3n) is 8.06. The lowest BCUT2D eigenvalue weighted by Crippen LogP contribution is -2.45. The quantitative estimate of drug-likeness (QED) is 0.399. The molecular formula is C25H31F3O4. The molecule has 7 heteroatoms. The smallest absolute Gasteiger partial charge is 0.462 e. The van der Waals surface area contributed by atoms with Gasteiger partial charge in [0.25, 0.3) is 0 Å². The Kier molecular flexibility index (Phi) is 6.29. The molecule has 1 aromatic rings. The van der Waals surface area contributed by atoms with Crippen molar-refractivity contribution in [1.29, 1.82) is 0 Å². The molecule has 5 unspecified atom stereocenters. The van der Waals surface area contributed by atoms with Crippen molar-refractivity contribution in [1.82, 2.24) is 0 Å². The summed E-state index contributed by atoms with van der Waals surface area (Å²) in [7, 11) is 0. The van der Waals surface area contributed by atoms with E-state index in [9.17, 15) is 22.8 Å². The molecule has 0 saturated heterocycles. The van der Waals surface area contributed by atoms with Crippen LogP contribution < -0.4 is 4.74 Å². The number of fused-ring (bicyclic) bond motifs is 5. The van der Waals surface area contributed by atoms with Gasteiger partial charge in [-0.2, -0.15) is 13.2 Å². The molecule has 0 radical (unpaired) electrons. The van der Waals surface area contributed by atoms with E-state index in [-0.39, 0.29) is 23.2 Å². The average molecular weight is 453 g/mol. The Morgan fingerprint density at radius 3 is 2.66 bits per heavy atom. The lowest BCUT2D eigenvalue weighted by molar-refractivity contribution is -0.189. The third-order valence-corrected chi connectivity index (χ3v) is 8.06. The summed E-state index contributed by atoms with van der Waals surface area (Å²) in [6.07, 6.45) is 2.86. The first-order valence-corrected chi connectivity index (χ1v) is 11.7. The van der Waals surface area contributed by atoms with Crippen LogP contribution in [-0.4, -0.2) is 24.2 Å². The van der Waals surface area contributed by atoms with Gasteiger partial charge < -0.3 is 9.47 Å². The van der Waals surface area contributed by atoms with Crippen LogP contribution in [0.15, 0.2) is 18.2 Å². The van der Waals surface area contributed by atoms with E-state index in [1.54, 1.807) is 6.07 Å². The van der Waals surface area contributed by atoms with Gasteiger partial charge in [-0.25, -0.2) is 4.79 Å². The van der Waals surface area contributed by atoms with Crippen LogP contribution in [0.2, 0.25) is 0 Å². The van der Waals surface area contributed by atoms with E-state index in [0.29, 0.717) is 24.2 Å². The van der Waals surface area contributed by atoms with E-state index in [0.717, 1.165) is 56.9 Å². The summed E-state index contributed by atoms with van der Waals surface area (Å²) >= 11 is 0. The van der Waals surface area contributed by atoms with Crippen LogP contribution in [0.25, 0.3) is 0 Å². The van der Waals surface area contributed by atoms with Gasteiger partial charge in [-0.05, 0) is 86.0 Å². The number of unbranched alkanes of at least 4 members (excludes halogenated alkanes) is 1. The third kappa shape index (κ3) is 4.27. The molecule has 2 saturated carbocycles. The topological polar surface area (TPSA) is 52.6 Å². The number of benzene rings is 1. The number of alkyl halides is 3. The van der Waals surface area contributed by atoms with Crippen molar-refractivity contribution in [2.24, 2.45) is 17.3 Å². The van der Waals surface area contributed by atoms with Crippen LogP contribution in [0.3, 0.4) is 0 Å². The SMILES string of the molecule is CCCCC(=O)OC1CCC2C3CCc4cc(OC(=O)C(F)(F)F)ccc4C3CCC12C. The molecule has 0 aromatic heterocycles. The molecular weight excluding hydrogens is 421 g/mol. The zero-order valence-corrected chi connectivity index (χ0v) is 18.7. The molecule has 0 aliphatic heterocycles. The second-order valence-corrected chi connectivity index (χ2v) is 9.87. The van der Waals surface area contributed by atoms with Crippen molar-refractivity contribution in [2.75, 3.05) is 0 Å². The predicted molar refractivity (Wildman–Crippen MR) is 112 cm³/mol. The van der Waals surface area contributed by atoms with Gasteiger partial charge in [-0.15, -0.1) is 0 Å². The highest BCUT2D eigenvalue weighted by molar-refractivity contribution is 5.78. The monoisotopic (exact) mass is 452 g/mol. The van der Waals surface area contributed by atoms with Crippen molar-refractivity contribution in [3.8, 4) is 5.75 Å². The minimum atomic E-state index is -5.01. The maximum absolute atomic E-state index is 12.5. The standard InChI is InChI=1S/C25H31F3O4/c1-3-4-5-22(29)32-21-11-10-20-19-8-6-15-14-16(31-23(30)25(26,27)28)7-9-17(15)18(19)12-13-24(20,21)2/h7,9,14,18-21H,3-6,8,10-13H2,1-2H3. The molecule has 2 fully saturated rings. The van der Waals surface area contributed by atoms with Gasteiger partial charge in [-0.3, -0.25) is 4.79 Å². The number of ether oxygens (including phenoxy) is 2. The second-order valence-electron chi connectivity index (χ2n) is 9.87. The molecule has 3 aliphatic rings. The van der Waals surface area contributed by atoms with Crippen molar-refractivity contribution < 1.29 is 32.2 Å². The Hall–Kier alpha value is -2.05. The summed E-state index contributed by atoms with van der Waals surface area (Å²) < 4.78 is 48.0. The van der Waals surface area contributed by atoms with Gasteiger partial charge in [0.1, 0.15) is 11.9 Å². The zero-order valence-electron chi connectivity index (χ0n) is 18.7. The van der Waals surface area contributed by atoms with Gasteiger partial charge >= 0.3 is 18.1 Å². The Morgan fingerprint density at radius 2 is 1.94 bits per heavy atom. The number of esters is 2. The Morgan fingerprint density at radius 1 is 1.16 bits per heavy atom. The Balaban J connectivity index is 1.47. The summed E-state index contributed by atoms with van der Waals surface area (Å²) in [6.45, 7) is 4.33. The first-order chi connectivity index (χ1) is 15.1. The van der Waals surface area contributed by atoms with E-state index in [4.69, 9.17) is 4.74 Å². The van der Waals surface area contributed by atoms with Gasteiger partial charge in [0.05, 0.1) is 0 Å². The number of aryl methyl sites for hydroxylation is 1. The highest BCUT2D eigenvalue weighted by atomic mass is 19.4. The summed E-state index contributed by atoms with van der Waals surface area (Å²) in [4.78, 5) is 23.4. The van der Waals surface area contributed by atoms with Crippen molar-refractivity contribution >= 4 is 11.9 Å². The second kappa shape index (κ2) is 8.71. The fraction of sp³-hybridized carbons (Fsp3) is 0.680. The minimum Gasteiger partial charge on any atom is -0.462 e. The highest BCUT2D eigenvalue weighted by Crippen LogP contribution is 2.61. The normalized spacial score (nSPS) is 31.3. The zero-order chi connectivity index (χ0) is 23.1. The summed E-state index contributed by atoms with van der Waals surface area (Å²) in [5.41, 5.74) is 2.13. The van der Waals surface area contributed by atoms with Crippen LogP contribution >= 0.6 is 0 Å². The maximum Gasteiger partial charge on any atom is 0.491 e. The van der Waals surface area contributed by atoms with Gasteiger partial charge in [0, 0.05) is 11.8 Å². The van der Waals surface area contributed by atoms with E-state index in [1.807, 2.05) is 6.07 Å². The molecule has 0 bridgehead atoms. The number of hydrogen-bond acceptors (Lipinski definition) is 4. The van der Waals surface area contributed by atoms with Gasteiger partial charge in [-0.1, -0.05) is 26.3 Å². The van der Waals surface area contributed by atoms with Gasteiger partial charge in [0.15, 0.2) is 0 Å². The molecule has 0 N–H and O–H groups in total. The first kappa shape index (κ1) is 23.1. The molecule has 5 atom stereocenters. The van der Waals surface area contributed by atoms with E-state index in [2.05, 4.69) is 18.6 Å². The number of rotatable bonds is 5. The number of hydrogen-bond donors (Lipinski definition) is 0. The summed E-state index contributed by atoms with van der Waals surface area (Å²) in [6, 6.07) is 4.91. The van der Waals surface area contributed by atoms with Crippen molar-refractivity contribution in [2.45, 2.75) is 89.8 Å². The van der Waals surface area contributed by atoms with E-state index < -0.39 is 12.1 Å². The fourth-order valence-corrected chi connectivity index (χ4v) is 6.47. The van der Waals surface area contributed by atoms with Gasteiger partial charge in [0.2, 0.25) is 0 Å². The molecule has 4 nitrogen and oxygen atoms in total. The molecule has 1 aromatic carbocycles. The molecule has 0 heterocycles. The average Bonchev–Trinajstić information content (AvgIpc) is 3.07. The van der Waals surface area contributed by atoms with Crippen LogP contribution in [0.4, 0.5) is 13.2 Å². The molecule has 3 aliphatic carbocycles. The van der Waals surface area contributed by atoms with Crippen LogP contribution in [-0.2, 0) is 20.7 Å². The van der Waals surface area contributed by atoms with Crippen molar-refractivity contribution in [3.63, 3.8) is 0 Å². The van der Waals surface area contributed by atoms with Crippen LogP contribution in [0.1, 0.15) is 82.3 Å². The summed E-state index contributed by atoms with van der Waals surface area (Å²) in [5.74, 6) is -1.03. The molecule has 0 amide bonds. The number of carbonyl (C=O) groups is 2. The fourth-order valence-electron chi connectivity index (χ4n) is 6.47. The maximum atomic E-state index is 12.5. The number of carbonyl (C=O) groups excluding carboxylic acids is 2. The summed E-state index contributed by atoms with van der Waals surface area (Å²) in [5, 5.41) is 0. The lowest BCUT2D eigenvalue weighted by atomic mass is 9.55. The predicted octanol–water partition coefficient (Wildman–Crippen LogP) is 6.11. The Labute approximate surface area is 186 Å². The lowest BCUT2D eigenvalue weighted by Gasteiger charge is -2.50. The molecule has 4 rings (SSSR count).